The number of imidazole rings is 1. The molecule has 1 aromatic heterocycles. The molecule has 1 amide bonds. The molecule has 0 bridgehead atoms. The highest BCUT2D eigenvalue weighted by Gasteiger charge is 2.09. The summed E-state index contributed by atoms with van der Waals surface area (Å²) in [6.45, 7) is 3.34. The maximum Gasteiger partial charge on any atom is 0.262 e. The van der Waals surface area contributed by atoms with E-state index in [-0.39, 0.29) is 12.5 Å². The molecule has 3 N–H and O–H groups in total. The number of hydrogen-bond acceptors (Lipinski definition) is 4. The Balaban J connectivity index is 1.29. The van der Waals surface area contributed by atoms with Gasteiger partial charge in [-0.15, -0.1) is 0 Å². The lowest BCUT2D eigenvalue weighted by Crippen LogP contribution is -2.21. The number of carbonyl (C=O) groups is 1. The van der Waals surface area contributed by atoms with Crippen LogP contribution in [0.4, 0.5) is 5.69 Å². The van der Waals surface area contributed by atoms with Gasteiger partial charge in [0.25, 0.3) is 5.91 Å². The van der Waals surface area contributed by atoms with Gasteiger partial charge in [0, 0.05) is 35.2 Å². The zero-order valence-corrected chi connectivity index (χ0v) is 19.4. The van der Waals surface area contributed by atoms with Crippen molar-refractivity contribution in [2.24, 2.45) is 0 Å². The Morgan fingerprint density at radius 3 is 2.72 bits per heavy atom. The molecule has 164 valence electrons. The molecular formula is C25H25BrN4O2. The standard InChI is InChI=1S/C25H25BrN4O2/c1-17-6-9-20(10-7-17)28-25(31)16-32-23-11-8-19(26)14-18(23)15-27-13-12-24-29-21-4-2-3-5-22(21)30-24/h2-11,14,27H,12-13,15-16H2,1H3,(H,28,31)(H,29,30). The lowest BCUT2D eigenvalue weighted by Gasteiger charge is -2.13. The van der Waals surface area contributed by atoms with Gasteiger partial charge in [-0.1, -0.05) is 45.8 Å². The number of nitrogens with one attached hydrogen (secondary N) is 3. The first-order chi connectivity index (χ1) is 15.6. The van der Waals surface area contributed by atoms with E-state index in [1.54, 1.807) is 0 Å². The van der Waals surface area contributed by atoms with Crippen molar-refractivity contribution in [1.82, 2.24) is 15.3 Å². The van der Waals surface area contributed by atoms with Gasteiger partial charge in [-0.2, -0.15) is 0 Å². The number of amides is 1. The number of para-hydroxylation sites is 2. The van der Waals surface area contributed by atoms with E-state index in [0.717, 1.165) is 51.1 Å². The Hall–Kier alpha value is -3.16. The number of aromatic amines is 1. The van der Waals surface area contributed by atoms with Gasteiger partial charge in [0.15, 0.2) is 6.61 Å². The van der Waals surface area contributed by atoms with Crippen molar-refractivity contribution in [3.8, 4) is 5.75 Å². The van der Waals surface area contributed by atoms with Gasteiger partial charge >= 0.3 is 0 Å². The Labute approximate surface area is 195 Å². The summed E-state index contributed by atoms with van der Waals surface area (Å²) >= 11 is 3.51. The van der Waals surface area contributed by atoms with Crippen molar-refractivity contribution < 1.29 is 9.53 Å². The number of hydrogen-bond donors (Lipinski definition) is 3. The fraction of sp³-hybridized carbons (Fsp3) is 0.200. The maximum atomic E-state index is 12.3. The Bertz CT molecular complexity index is 1170. The quantitative estimate of drug-likeness (QED) is 0.287. The number of rotatable bonds is 9. The van der Waals surface area contributed by atoms with Gasteiger partial charge in [0.05, 0.1) is 11.0 Å². The minimum absolute atomic E-state index is 0.0541. The summed E-state index contributed by atoms with van der Waals surface area (Å²) in [7, 11) is 0. The molecule has 0 fully saturated rings. The topological polar surface area (TPSA) is 79.0 Å². The number of anilines is 1. The fourth-order valence-corrected chi connectivity index (χ4v) is 3.77. The summed E-state index contributed by atoms with van der Waals surface area (Å²) < 4.78 is 6.77. The lowest BCUT2D eigenvalue weighted by molar-refractivity contribution is -0.118. The first-order valence-electron chi connectivity index (χ1n) is 10.5. The average Bonchev–Trinajstić information content (AvgIpc) is 3.20. The van der Waals surface area contributed by atoms with E-state index >= 15 is 0 Å². The SMILES string of the molecule is Cc1ccc(NC(=O)COc2ccc(Br)cc2CNCCc2nc3ccccc3[nH]2)cc1. The number of H-pyrrole nitrogens is 1. The molecule has 0 aliphatic heterocycles. The molecule has 0 spiro atoms. The number of benzene rings is 3. The average molecular weight is 493 g/mol. The minimum Gasteiger partial charge on any atom is -0.483 e. The Morgan fingerprint density at radius 1 is 1.09 bits per heavy atom. The van der Waals surface area contributed by atoms with Crippen LogP contribution >= 0.6 is 15.9 Å². The van der Waals surface area contributed by atoms with E-state index in [1.807, 2.05) is 73.7 Å². The fourth-order valence-electron chi connectivity index (χ4n) is 3.36. The predicted molar refractivity (Wildman–Crippen MR) is 131 cm³/mol. The van der Waals surface area contributed by atoms with Gasteiger partial charge in [0.2, 0.25) is 0 Å². The van der Waals surface area contributed by atoms with Gasteiger partial charge in [0.1, 0.15) is 11.6 Å². The van der Waals surface area contributed by atoms with E-state index in [9.17, 15) is 4.79 Å². The second-order valence-corrected chi connectivity index (χ2v) is 8.50. The number of halogens is 1. The molecule has 0 radical (unpaired) electrons. The summed E-state index contributed by atoms with van der Waals surface area (Å²) in [5.41, 5.74) is 4.91. The van der Waals surface area contributed by atoms with Crippen molar-refractivity contribution in [2.75, 3.05) is 18.5 Å². The van der Waals surface area contributed by atoms with Crippen LogP contribution in [0.5, 0.6) is 5.75 Å². The number of ether oxygens (including phenoxy) is 1. The molecule has 4 aromatic rings. The zero-order valence-electron chi connectivity index (χ0n) is 17.8. The summed E-state index contributed by atoms with van der Waals surface area (Å²) in [5, 5.41) is 6.29. The number of fused-ring (bicyclic) bond motifs is 1. The number of aromatic nitrogens is 2. The first-order valence-corrected chi connectivity index (χ1v) is 11.3. The molecule has 0 unspecified atom stereocenters. The normalized spacial score (nSPS) is 10.9. The van der Waals surface area contributed by atoms with Crippen LogP contribution in [0.1, 0.15) is 17.0 Å². The summed E-state index contributed by atoms with van der Waals surface area (Å²) in [6.07, 6.45) is 0.790. The molecule has 0 aliphatic carbocycles. The molecule has 32 heavy (non-hydrogen) atoms. The third-order valence-corrected chi connectivity index (χ3v) is 5.50. The smallest absolute Gasteiger partial charge is 0.262 e. The predicted octanol–water partition coefficient (Wildman–Crippen LogP) is 4.98. The molecular weight excluding hydrogens is 468 g/mol. The molecule has 3 aromatic carbocycles. The van der Waals surface area contributed by atoms with Crippen molar-refractivity contribution in [2.45, 2.75) is 19.9 Å². The second kappa shape index (κ2) is 10.4. The number of nitrogens with zero attached hydrogens (tertiary/aromatic N) is 1. The van der Waals surface area contributed by atoms with E-state index in [4.69, 9.17) is 4.74 Å². The largest absolute Gasteiger partial charge is 0.483 e. The highest BCUT2D eigenvalue weighted by molar-refractivity contribution is 9.10. The third-order valence-electron chi connectivity index (χ3n) is 5.01. The molecule has 4 rings (SSSR count). The van der Waals surface area contributed by atoms with Crippen LogP contribution in [-0.2, 0) is 17.8 Å². The Morgan fingerprint density at radius 2 is 1.91 bits per heavy atom. The van der Waals surface area contributed by atoms with Crippen LogP contribution in [0.25, 0.3) is 11.0 Å². The van der Waals surface area contributed by atoms with Crippen molar-refractivity contribution in [3.05, 3.63) is 88.2 Å². The molecule has 7 heteroatoms. The molecule has 0 saturated heterocycles. The van der Waals surface area contributed by atoms with E-state index in [1.165, 1.54) is 0 Å². The van der Waals surface area contributed by atoms with E-state index in [0.29, 0.717) is 12.3 Å². The molecule has 0 saturated carbocycles. The summed E-state index contributed by atoms with van der Waals surface area (Å²) in [4.78, 5) is 20.2. The molecule has 0 aliphatic rings. The zero-order chi connectivity index (χ0) is 22.3. The highest BCUT2D eigenvalue weighted by atomic mass is 79.9. The van der Waals surface area contributed by atoms with Crippen LogP contribution in [0, 0.1) is 6.92 Å². The highest BCUT2D eigenvalue weighted by Crippen LogP contribution is 2.23. The third kappa shape index (κ3) is 5.96. The molecule has 1 heterocycles. The number of aryl methyl sites for hydroxylation is 1. The summed E-state index contributed by atoms with van der Waals surface area (Å²) in [5.74, 6) is 1.45. The maximum absolute atomic E-state index is 12.3. The van der Waals surface area contributed by atoms with Gasteiger partial charge in [-0.25, -0.2) is 4.98 Å². The van der Waals surface area contributed by atoms with Crippen LogP contribution in [0.3, 0.4) is 0 Å². The van der Waals surface area contributed by atoms with Gasteiger partial charge in [-0.05, 0) is 49.4 Å². The summed E-state index contributed by atoms with van der Waals surface area (Å²) in [6, 6.07) is 21.5. The van der Waals surface area contributed by atoms with Crippen LogP contribution in [-0.4, -0.2) is 29.0 Å². The second-order valence-electron chi connectivity index (χ2n) is 7.58. The van der Waals surface area contributed by atoms with Crippen molar-refractivity contribution in [1.29, 1.82) is 0 Å². The first kappa shape index (κ1) is 22.0. The van der Waals surface area contributed by atoms with Crippen molar-refractivity contribution in [3.63, 3.8) is 0 Å². The minimum atomic E-state index is -0.194. The van der Waals surface area contributed by atoms with E-state index < -0.39 is 0 Å². The van der Waals surface area contributed by atoms with Crippen LogP contribution < -0.4 is 15.4 Å². The van der Waals surface area contributed by atoms with Crippen LogP contribution in [0.15, 0.2) is 71.2 Å². The molecule has 0 atom stereocenters. The number of carbonyl (C=O) groups excluding carboxylic acids is 1. The van der Waals surface area contributed by atoms with Crippen LogP contribution in [0.2, 0.25) is 0 Å². The van der Waals surface area contributed by atoms with Gasteiger partial charge in [-0.3, -0.25) is 4.79 Å². The molecule has 6 nitrogen and oxygen atoms in total. The van der Waals surface area contributed by atoms with E-state index in [2.05, 4.69) is 36.5 Å². The van der Waals surface area contributed by atoms with Crippen molar-refractivity contribution >= 4 is 38.6 Å². The lowest BCUT2D eigenvalue weighted by atomic mass is 10.2. The Kier molecular flexibility index (Phi) is 7.19. The van der Waals surface area contributed by atoms with Gasteiger partial charge < -0.3 is 20.4 Å². The monoisotopic (exact) mass is 492 g/mol.